The number of aryl methyl sites for hydroxylation is 2. The average molecular weight is 352 g/mol. The summed E-state index contributed by atoms with van der Waals surface area (Å²) in [5.74, 6) is -0.963. The van der Waals surface area contributed by atoms with Crippen LogP contribution in [-0.2, 0) is 12.8 Å². The first-order valence-electron chi connectivity index (χ1n) is 7.30. The van der Waals surface area contributed by atoms with Crippen LogP contribution in [0, 0.1) is 0 Å². The predicted octanol–water partition coefficient (Wildman–Crippen LogP) is 2.91. The van der Waals surface area contributed by atoms with Crippen LogP contribution in [0.25, 0.3) is 0 Å². The normalized spacial score (nSPS) is 12.8. The maximum absolute atomic E-state index is 12.1. The molecule has 0 aliphatic heterocycles. The number of carbonyl (C=O) groups excluding carboxylic acids is 2. The van der Waals surface area contributed by atoms with Gasteiger partial charge >= 0.3 is 6.61 Å². The van der Waals surface area contributed by atoms with Crippen LogP contribution < -0.4 is 15.6 Å². The fourth-order valence-corrected chi connectivity index (χ4v) is 3.62. The first kappa shape index (κ1) is 16.4. The third-order valence-corrected chi connectivity index (χ3v) is 4.84. The lowest BCUT2D eigenvalue weighted by atomic mass is 10.2. The van der Waals surface area contributed by atoms with Crippen molar-refractivity contribution < 1.29 is 23.1 Å². The van der Waals surface area contributed by atoms with Crippen molar-refractivity contribution in [1.29, 1.82) is 0 Å². The lowest BCUT2D eigenvalue weighted by Gasteiger charge is -2.08. The van der Waals surface area contributed by atoms with E-state index in [1.165, 1.54) is 46.0 Å². The number of amides is 2. The summed E-state index contributed by atoms with van der Waals surface area (Å²) >= 11 is 1.43. The molecule has 0 spiro atoms. The molecule has 1 heterocycles. The van der Waals surface area contributed by atoms with Crippen LogP contribution in [0.1, 0.15) is 36.9 Å². The van der Waals surface area contributed by atoms with E-state index in [2.05, 4.69) is 15.6 Å². The summed E-state index contributed by atoms with van der Waals surface area (Å²) in [7, 11) is 0. The molecular weight excluding hydrogens is 338 g/mol. The summed E-state index contributed by atoms with van der Waals surface area (Å²) in [5, 5.41) is 0. The number of hydrazine groups is 1. The number of hydrogen-bond donors (Lipinski definition) is 2. The highest BCUT2D eigenvalue weighted by Crippen LogP contribution is 2.30. The largest absolute Gasteiger partial charge is 0.435 e. The molecule has 0 saturated carbocycles. The number of halogens is 2. The molecule has 1 aliphatic carbocycles. The highest BCUT2D eigenvalue weighted by atomic mass is 32.1. The highest BCUT2D eigenvalue weighted by molar-refractivity contribution is 7.14. The molecule has 0 saturated heterocycles. The SMILES string of the molecule is O=C(NNC(=O)c1cc2c(s1)CCC2)c1ccc(OC(F)F)cc1. The van der Waals surface area contributed by atoms with Crippen LogP contribution in [0.3, 0.4) is 0 Å². The van der Waals surface area contributed by atoms with Crippen molar-refractivity contribution >= 4 is 23.2 Å². The number of benzene rings is 1. The molecule has 24 heavy (non-hydrogen) atoms. The maximum Gasteiger partial charge on any atom is 0.387 e. The van der Waals surface area contributed by atoms with Gasteiger partial charge in [0.25, 0.3) is 11.8 Å². The molecule has 8 heteroatoms. The van der Waals surface area contributed by atoms with E-state index in [4.69, 9.17) is 0 Å². The topological polar surface area (TPSA) is 67.4 Å². The maximum atomic E-state index is 12.1. The Morgan fingerprint density at radius 2 is 1.79 bits per heavy atom. The third kappa shape index (κ3) is 3.70. The van der Waals surface area contributed by atoms with E-state index in [0.29, 0.717) is 4.88 Å². The third-order valence-electron chi connectivity index (χ3n) is 3.60. The number of rotatable bonds is 4. The predicted molar refractivity (Wildman–Crippen MR) is 84.4 cm³/mol. The summed E-state index contributed by atoms with van der Waals surface area (Å²) in [6, 6.07) is 7.03. The Hall–Kier alpha value is -2.48. The van der Waals surface area contributed by atoms with Crippen molar-refractivity contribution in [3.05, 3.63) is 51.2 Å². The molecule has 1 aliphatic rings. The van der Waals surface area contributed by atoms with E-state index >= 15 is 0 Å². The first-order chi connectivity index (χ1) is 11.5. The fraction of sp³-hybridized carbons (Fsp3) is 0.250. The molecule has 0 atom stereocenters. The Labute approximate surface area is 140 Å². The molecule has 2 N–H and O–H groups in total. The zero-order valence-electron chi connectivity index (χ0n) is 12.5. The minimum atomic E-state index is -2.92. The molecule has 0 bridgehead atoms. The molecule has 0 radical (unpaired) electrons. The molecule has 1 aromatic carbocycles. The molecule has 126 valence electrons. The van der Waals surface area contributed by atoms with Gasteiger partial charge in [-0.15, -0.1) is 11.3 Å². The first-order valence-corrected chi connectivity index (χ1v) is 8.12. The number of hydrogen-bond acceptors (Lipinski definition) is 4. The Kier molecular flexibility index (Phi) is 4.75. The number of carbonyl (C=O) groups is 2. The lowest BCUT2D eigenvalue weighted by molar-refractivity contribution is -0.0498. The van der Waals surface area contributed by atoms with Gasteiger partial charge in [-0.1, -0.05) is 0 Å². The molecule has 3 rings (SSSR count). The van der Waals surface area contributed by atoms with Crippen molar-refractivity contribution in [2.24, 2.45) is 0 Å². The van der Waals surface area contributed by atoms with Gasteiger partial charge < -0.3 is 4.74 Å². The van der Waals surface area contributed by atoms with Gasteiger partial charge in [0, 0.05) is 10.4 Å². The summed E-state index contributed by atoms with van der Waals surface area (Å²) in [6.07, 6.45) is 3.09. The minimum Gasteiger partial charge on any atom is -0.435 e. The Bertz CT molecular complexity index is 738. The van der Waals surface area contributed by atoms with Crippen molar-refractivity contribution in [3.63, 3.8) is 0 Å². The summed E-state index contributed by atoms with van der Waals surface area (Å²) < 4.78 is 28.3. The van der Waals surface area contributed by atoms with Gasteiger partial charge in [0.15, 0.2) is 0 Å². The van der Waals surface area contributed by atoms with Crippen LogP contribution in [0.15, 0.2) is 30.3 Å². The van der Waals surface area contributed by atoms with E-state index < -0.39 is 12.5 Å². The number of thiophene rings is 1. The van der Waals surface area contributed by atoms with Crippen molar-refractivity contribution in [2.45, 2.75) is 25.9 Å². The molecule has 0 fully saturated rings. The van der Waals surface area contributed by atoms with Crippen LogP contribution in [0.4, 0.5) is 8.78 Å². The van der Waals surface area contributed by atoms with E-state index in [0.717, 1.165) is 19.3 Å². The van der Waals surface area contributed by atoms with Gasteiger partial charge in [-0.3, -0.25) is 20.4 Å². The second-order valence-corrected chi connectivity index (χ2v) is 6.36. The molecule has 2 aromatic rings. The number of ether oxygens (including phenoxy) is 1. The zero-order valence-corrected chi connectivity index (χ0v) is 13.3. The Morgan fingerprint density at radius 3 is 2.46 bits per heavy atom. The zero-order chi connectivity index (χ0) is 17.1. The van der Waals surface area contributed by atoms with E-state index in [1.54, 1.807) is 0 Å². The van der Waals surface area contributed by atoms with Gasteiger partial charge in [0.2, 0.25) is 0 Å². The van der Waals surface area contributed by atoms with Crippen LogP contribution in [0.5, 0.6) is 5.75 Å². The standard InChI is InChI=1S/C16H14F2N2O3S/c17-16(18)23-11-6-4-9(5-7-11)14(21)19-20-15(22)13-8-10-2-1-3-12(10)24-13/h4-8,16H,1-3H2,(H,19,21)(H,20,22). The smallest absolute Gasteiger partial charge is 0.387 e. The van der Waals surface area contributed by atoms with Crippen molar-refractivity contribution in [3.8, 4) is 5.75 Å². The van der Waals surface area contributed by atoms with Gasteiger partial charge in [-0.05, 0) is 55.2 Å². The van der Waals surface area contributed by atoms with E-state index in [1.807, 2.05) is 6.07 Å². The summed E-state index contributed by atoms with van der Waals surface area (Å²) in [5.41, 5.74) is 6.07. The van der Waals surface area contributed by atoms with Gasteiger partial charge in [0.05, 0.1) is 4.88 Å². The summed E-state index contributed by atoms with van der Waals surface area (Å²) in [4.78, 5) is 25.8. The molecule has 0 unspecified atom stereocenters. The van der Waals surface area contributed by atoms with Gasteiger partial charge in [-0.2, -0.15) is 8.78 Å². The van der Waals surface area contributed by atoms with Crippen LogP contribution in [0.2, 0.25) is 0 Å². The average Bonchev–Trinajstić information content (AvgIpc) is 3.14. The van der Waals surface area contributed by atoms with E-state index in [-0.39, 0.29) is 17.2 Å². The van der Waals surface area contributed by atoms with Crippen molar-refractivity contribution in [2.75, 3.05) is 0 Å². The molecule has 2 amide bonds. The molecule has 1 aromatic heterocycles. The van der Waals surface area contributed by atoms with Crippen molar-refractivity contribution in [1.82, 2.24) is 10.9 Å². The van der Waals surface area contributed by atoms with Gasteiger partial charge in [0.1, 0.15) is 5.75 Å². The molecular formula is C16H14F2N2O3S. The van der Waals surface area contributed by atoms with E-state index in [9.17, 15) is 18.4 Å². The monoisotopic (exact) mass is 352 g/mol. The Morgan fingerprint density at radius 1 is 1.08 bits per heavy atom. The minimum absolute atomic E-state index is 0.0429. The van der Waals surface area contributed by atoms with Crippen LogP contribution in [-0.4, -0.2) is 18.4 Å². The highest BCUT2D eigenvalue weighted by Gasteiger charge is 2.18. The molecule has 5 nitrogen and oxygen atoms in total. The Balaban J connectivity index is 1.55. The van der Waals surface area contributed by atoms with Gasteiger partial charge in [-0.25, -0.2) is 0 Å². The second kappa shape index (κ2) is 6.96. The summed E-state index contributed by atoms with van der Waals surface area (Å²) in [6.45, 7) is -2.92. The fourth-order valence-electron chi connectivity index (χ4n) is 2.48. The quantitative estimate of drug-likeness (QED) is 0.832. The lowest BCUT2D eigenvalue weighted by Crippen LogP contribution is -2.41. The number of fused-ring (bicyclic) bond motifs is 1. The number of alkyl halides is 2. The second-order valence-electron chi connectivity index (χ2n) is 5.22. The van der Waals surface area contributed by atoms with Crippen LogP contribution >= 0.6 is 11.3 Å². The number of nitrogens with one attached hydrogen (secondary N) is 2.